The molecule has 1 aromatic carbocycles. The van der Waals surface area contributed by atoms with Crippen molar-refractivity contribution >= 4 is 89.9 Å². The fourth-order valence-corrected chi connectivity index (χ4v) is 7.00. The summed E-state index contributed by atoms with van der Waals surface area (Å²) in [5.41, 5.74) is 1.08. The van der Waals surface area contributed by atoms with Crippen LogP contribution >= 0.6 is 12.6 Å². The second-order valence-electron chi connectivity index (χ2n) is 17.4. The Balaban J connectivity index is 3.56. The number of rotatable bonds is 39. The summed E-state index contributed by atoms with van der Waals surface area (Å²) in [7, 11) is 0. The van der Waals surface area contributed by atoms with Crippen LogP contribution in [0.15, 0.2) is 24.3 Å². The highest BCUT2D eigenvalue weighted by atomic mass is 32.1. The largest absolute Gasteiger partial charge is 0.481 e. The molecule has 0 aliphatic heterocycles. The van der Waals surface area contributed by atoms with Gasteiger partial charge < -0.3 is 93.0 Å². The van der Waals surface area contributed by atoms with Crippen LogP contribution in [0.25, 0.3) is 0 Å². The second kappa shape index (κ2) is 35.2. The number of hydrogen-bond donors (Lipinski definition) is 17. The van der Waals surface area contributed by atoms with E-state index in [-0.39, 0.29) is 31.6 Å². The van der Waals surface area contributed by atoms with Crippen molar-refractivity contribution in [2.75, 3.05) is 18.9 Å². The lowest BCUT2D eigenvalue weighted by atomic mass is 10.0. The van der Waals surface area contributed by atoms with E-state index in [0.717, 1.165) is 6.92 Å². The van der Waals surface area contributed by atoms with Gasteiger partial charge in [-0.1, -0.05) is 24.3 Å². The van der Waals surface area contributed by atoms with Crippen molar-refractivity contribution in [3.63, 3.8) is 0 Å². The number of carbonyl (C=O) groups excluding carboxylic acids is 10. The summed E-state index contributed by atoms with van der Waals surface area (Å²) >= 11 is 3.88. The topological polar surface area (TPSA) is 480 Å². The first-order valence-electron chi connectivity index (χ1n) is 23.6. The lowest BCUT2D eigenvalue weighted by Crippen LogP contribution is -2.59. The van der Waals surface area contributed by atoms with Crippen LogP contribution in [0.5, 0.6) is 0 Å². The third-order valence-corrected chi connectivity index (χ3v) is 11.5. The number of benzene rings is 1. The van der Waals surface area contributed by atoms with E-state index in [4.69, 9.17) is 5.11 Å². The molecule has 0 saturated heterocycles. The van der Waals surface area contributed by atoms with Crippen LogP contribution < -0.4 is 42.5 Å². The number of carboxylic acid groups (broad SMARTS) is 3. The average molecular weight is 1100 g/mol. The van der Waals surface area contributed by atoms with Gasteiger partial charge in [0.05, 0.1) is 19.1 Å². The van der Waals surface area contributed by atoms with E-state index >= 15 is 0 Å². The number of nitrogens with one attached hydrogen (secondary N) is 8. The molecule has 0 heterocycles. The van der Waals surface area contributed by atoms with E-state index in [2.05, 4.69) is 55.2 Å². The summed E-state index contributed by atoms with van der Waals surface area (Å²) in [4.78, 5) is 165. The molecular weight excluding hydrogens is 1030 g/mol. The third-order valence-electron chi connectivity index (χ3n) is 11.1. The smallest absolute Gasteiger partial charge is 0.327 e. The lowest BCUT2D eigenvalue weighted by molar-refractivity contribution is -0.142. The number of hydrogen-bond acceptors (Lipinski definition) is 19. The van der Waals surface area contributed by atoms with Crippen molar-refractivity contribution < 1.29 is 103 Å². The molecule has 1 aromatic rings. The van der Waals surface area contributed by atoms with Gasteiger partial charge in [-0.15, -0.1) is 0 Å². The van der Waals surface area contributed by atoms with Crippen LogP contribution in [0, 0.1) is 0 Å². The van der Waals surface area contributed by atoms with Crippen LogP contribution in [-0.4, -0.2) is 198 Å². The molecule has 0 radical (unpaired) electrons. The maximum absolute atomic E-state index is 14.0. The molecule has 0 unspecified atom stereocenters. The van der Waals surface area contributed by atoms with E-state index in [1.807, 2.05) is 0 Å². The Morgan fingerprint density at radius 3 is 1.25 bits per heavy atom. The fraction of sp³-hybridized carbons (Fsp3) is 0.587. The normalized spacial score (nSPS) is 14.9. The molecule has 0 saturated carbocycles. The number of aliphatic carboxylic acids is 3. The number of carbonyl (C=O) groups is 13. The van der Waals surface area contributed by atoms with Crippen molar-refractivity contribution in [3.05, 3.63) is 35.4 Å². The number of thiol groups is 1. The Hall–Kier alpha value is -7.12. The average Bonchev–Trinajstić information content (AvgIpc) is 3.36. The van der Waals surface area contributed by atoms with Crippen molar-refractivity contribution in [3.8, 4) is 0 Å². The van der Waals surface area contributed by atoms with Crippen LogP contribution in [0.2, 0.25) is 0 Å². The standard InChI is InChI=1S/C46H68N8O21S/c1-23(57)3-9-28(42(70)53-31(13-16-38(65)66)44(72)51-29(10-4-24(2)58)45(73)54-32(21-76)46(74)75)50-43(71)30(12-15-37(63)64)52-41(69)27(49-36(62)17-25-5-7-26(8-6-25)18-47-22-56)11-14-35(61)48-19-33(59)39(67)40(68)34(60)20-55/h5-8,22,27-34,39-40,55,59-60,67-68,76H,3-4,9-21H2,1-2H3,(H,47,56)(H,48,61)(H,49,62)(H,50,71)(H,51,72)(H,52,69)(H,53,70)(H,54,73)(H,63,64)(H,65,66)(H,74,75)/t27-,28-,29-,30+,31+,32+,33-,34+,39+,40+/m0/s1. The Bertz CT molecular complexity index is 2190. The first kappa shape index (κ1) is 66.9. The number of aliphatic hydroxyl groups is 5. The first-order chi connectivity index (χ1) is 35.7. The third kappa shape index (κ3) is 26.4. The Morgan fingerprint density at radius 2 is 0.882 bits per heavy atom. The number of Topliss-reactive ketones (excluding diaryl/α,β-unsaturated/α-hetero) is 2. The highest BCUT2D eigenvalue weighted by Gasteiger charge is 2.35. The maximum atomic E-state index is 14.0. The van der Waals surface area contributed by atoms with Gasteiger partial charge in [0, 0.05) is 50.9 Å². The Labute approximate surface area is 440 Å². The summed E-state index contributed by atoms with van der Waals surface area (Å²) in [6, 6.07) is -4.00. The summed E-state index contributed by atoms with van der Waals surface area (Å²) < 4.78 is 0. The molecule has 10 atom stereocenters. The van der Waals surface area contributed by atoms with Gasteiger partial charge in [-0.25, -0.2) is 4.79 Å². The molecule has 0 aliphatic carbocycles. The van der Waals surface area contributed by atoms with Crippen LogP contribution in [0.3, 0.4) is 0 Å². The zero-order valence-corrected chi connectivity index (χ0v) is 42.5. The summed E-state index contributed by atoms with van der Waals surface area (Å²) in [6.45, 7) is 0.774. The molecule has 0 fully saturated rings. The number of carboxylic acids is 3. The van der Waals surface area contributed by atoms with Gasteiger partial charge in [-0.2, -0.15) is 12.6 Å². The van der Waals surface area contributed by atoms with Gasteiger partial charge in [-0.05, 0) is 57.1 Å². The monoisotopic (exact) mass is 1100 g/mol. The van der Waals surface area contributed by atoms with Crippen LogP contribution in [0.4, 0.5) is 0 Å². The van der Waals surface area contributed by atoms with E-state index < -0.39 is 196 Å². The Kier molecular flexibility index (Phi) is 31.0. The highest BCUT2D eigenvalue weighted by molar-refractivity contribution is 7.80. The SMILES string of the molecule is CC(=O)CC[C@H](NC(=O)[C@@H](CCC(=O)O)NC(=O)[C@H](CCC(C)=O)NC(=O)[C@@H](CCC(=O)O)NC(=O)[C@H](CCC(=O)NC[C@H](O)[C@@H](O)[C@H](O)[C@H](O)CO)NC(=O)Cc1ccc(CNC=O)cc1)C(=O)N[C@H](CS)C(=O)O. The van der Waals surface area contributed by atoms with E-state index in [9.17, 15) is 98.1 Å². The predicted molar refractivity (Wildman–Crippen MR) is 263 cm³/mol. The van der Waals surface area contributed by atoms with Gasteiger partial charge in [0.1, 0.15) is 66.1 Å². The molecular formula is C46H68N8O21S. The molecule has 30 heteroatoms. The Morgan fingerprint density at radius 1 is 0.513 bits per heavy atom. The zero-order valence-electron chi connectivity index (χ0n) is 41.6. The highest BCUT2D eigenvalue weighted by Crippen LogP contribution is 2.11. The molecule has 1 rings (SSSR count). The number of aliphatic hydroxyl groups excluding tert-OH is 5. The summed E-state index contributed by atoms with van der Waals surface area (Å²) in [5, 5.41) is 95.6. The van der Waals surface area contributed by atoms with Crippen molar-refractivity contribution in [2.45, 2.75) is 152 Å². The second-order valence-corrected chi connectivity index (χ2v) is 17.8. The van der Waals surface area contributed by atoms with Gasteiger partial charge >= 0.3 is 17.9 Å². The fourth-order valence-electron chi connectivity index (χ4n) is 6.75. The maximum Gasteiger partial charge on any atom is 0.327 e. The summed E-state index contributed by atoms with van der Waals surface area (Å²) in [5.74, 6) is -13.4. The molecule has 76 heavy (non-hydrogen) atoms. The van der Waals surface area contributed by atoms with Crippen molar-refractivity contribution in [1.29, 1.82) is 0 Å². The van der Waals surface area contributed by atoms with Crippen LogP contribution in [0.1, 0.15) is 89.2 Å². The van der Waals surface area contributed by atoms with E-state index in [1.54, 1.807) is 24.3 Å². The van der Waals surface area contributed by atoms with Crippen molar-refractivity contribution in [2.24, 2.45) is 0 Å². The minimum Gasteiger partial charge on any atom is -0.481 e. The first-order valence-corrected chi connectivity index (χ1v) is 24.3. The molecule has 0 aliphatic rings. The lowest BCUT2D eigenvalue weighted by Gasteiger charge is -2.27. The quantitative estimate of drug-likeness (QED) is 0.0216. The number of ketones is 2. The molecule has 29 nitrogen and oxygen atoms in total. The van der Waals surface area contributed by atoms with Crippen molar-refractivity contribution in [1.82, 2.24) is 42.5 Å². The molecule has 16 N–H and O–H groups in total. The van der Waals surface area contributed by atoms with E-state index in [1.165, 1.54) is 6.92 Å². The molecule has 424 valence electrons. The van der Waals surface area contributed by atoms with Gasteiger partial charge in [0.15, 0.2) is 0 Å². The number of amides is 8. The minimum atomic E-state index is -2.04. The molecule has 0 aromatic heterocycles. The minimum absolute atomic E-state index is 0.174. The van der Waals surface area contributed by atoms with Crippen LogP contribution in [-0.2, 0) is 75.3 Å². The van der Waals surface area contributed by atoms with E-state index in [0.29, 0.717) is 17.5 Å². The van der Waals surface area contributed by atoms with Gasteiger partial charge in [0.25, 0.3) is 0 Å². The summed E-state index contributed by atoms with van der Waals surface area (Å²) in [6.07, 6.45) is -13.3. The predicted octanol–water partition coefficient (Wildman–Crippen LogP) is -5.80. The van der Waals surface area contributed by atoms with Gasteiger partial charge in [-0.3, -0.25) is 47.9 Å². The molecule has 0 spiro atoms. The van der Waals surface area contributed by atoms with Gasteiger partial charge in [0.2, 0.25) is 47.8 Å². The molecule has 8 amide bonds. The zero-order chi connectivity index (χ0) is 57.7. The molecule has 0 bridgehead atoms.